The highest BCUT2D eigenvalue weighted by Crippen LogP contribution is 2.31. The summed E-state index contributed by atoms with van der Waals surface area (Å²) in [5.41, 5.74) is 0.920. The molecule has 0 saturated carbocycles. The van der Waals surface area contributed by atoms with Crippen LogP contribution in [0.4, 0.5) is 0 Å². The highest BCUT2D eigenvalue weighted by atomic mass is 16.5. The Kier molecular flexibility index (Phi) is 4.93. The molecule has 3 rings (SSSR count). The summed E-state index contributed by atoms with van der Waals surface area (Å²) in [6.45, 7) is 0.274. The van der Waals surface area contributed by atoms with Crippen molar-refractivity contribution in [2.24, 2.45) is 0 Å². The molecule has 134 valence electrons. The van der Waals surface area contributed by atoms with Crippen molar-refractivity contribution in [3.05, 3.63) is 70.1 Å². The van der Waals surface area contributed by atoms with E-state index in [4.69, 9.17) is 13.9 Å². The number of hydrogen-bond donors (Lipinski definition) is 0. The van der Waals surface area contributed by atoms with Crippen LogP contribution in [-0.2, 0) is 6.54 Å². The number of amides is 1. The molecule has 0 atom stereocenters. The number of carbonyl (C=O) groups is 1. The van der Waals surface area contributed by atoms with Gasteiger partial charge in [0.15, 0.2) is 22.7 Å². The van der Waals surface area contributed by atoms with Gasteiger partial charge in [-0.05, 0) is 18.2 Å². The Hall–Kier alpha value is -3.28. The van der Waals surface area contributed by atoms with Gasteiger partial charge in [-0.3, -0.25) is 9.59 Å². The quantitative estimate of drug-likeness (QED) is 0.705. The maximum Gasteiger partial charge on any atom is 0.289 e. The highest BCUT2D eigenvalue weighted by molar-refractivity contribution is 5.93. The van der Waals surface area contributed by atoms with Gasteiger partial charge in [0.2, 0.25) is 0 Å². The van der Waals surface area contributed by atoms with E-state index in [1.54, 1.807) is 51.6 Å². The molecule has 3 aromatic rings. The first-order valence-electron chi connectivity index (χ1n) is 8.03. The molecule has 0 aliphatic rings. The molecule has 1 amide bonds. The normalized spacial score (nSPS) is 10.6. The maximum absolute atomic E-state index is 12.7. The topological polar surface area (TPSA) is 69.0 Å². The zero-order valence-electron chi connectivity index (χ0n) is 14.8. The van der Waals surface area contributed by atoms with Crippen LogP contribution in [0.25, 0.3) is 11.0 Å². The standard InChI is InChI=1S/C20H19NO5/c1-21(12-13-7-6-10-17(24-2)19(13)25-3)20(23)18-11-15(22)14-8-4-5-9-16(14)26-18/h4-11H,12H2,1-3H3. The minimum absolute atomic E-state index is 0.00179. The van der Waals surface area contributed by atoms with Crippen molar-refractivity contribution in [1.82, 2.24) is 4.90 Å². The maximum atomic E-state index is 12.7. The van der Waals surface area contributed by atoms with E-state index in [0.717, 1.165) is 5.56 Å². The Morgan fingerprint density at radius 3 is 2.58 bits per heavy atom. The molecule has 0 unspecified atom stereocenters. The van der Waals surface area contributed by atoms with E-state index in [9.17, 15) is 9.59 Å². The molecule has 0 aliphatic heterocycles. The van der Waals surface area contributed by atoms with E-state index >= 15 is 0 Å². The van der Waals surface area contributed by atoms with Gasteiger partial charge in [-0.1, -0.05) is 24.3 Å². The molecule has 6 nitrogen and oxygen atoms in total. The van der Waals surface area contributed by atoms with Crippen LogP contribution in [0.1, 0.15) is 16.1 Å². The number of hydrogen-bond acceptors (Lipinski definition) is 5. The van der Waals surface area contributed by atoms with E-state index in [-0.39, 0.29) is 17.7 Å². The number of fused-ring (bicyclic) bond motifs is 1. The number of benzene rings is 2. The van der Waals surface area contributed by atoms with Crippen LogP contribution in [0.5, 0.6) is 11.5 Å². The van der Waals surface area contributed by atoms with E-state index in [2.05, 4.69) is 0 Å². The lowest BCUT2D eigenvalue weighted by Gasteiger charge is -2.19. The van der Waals surface area contributed by atoms with Crippen molar-refractivity contribution < 1.29 is 18.7 Å². The number of methoxy groups -OCH3 is 2. The molecule has 0 bridgehead atoms. The molecule has 26 heavy (non-hydrogen) atoms. The lowest BCUT2D eigenvalue weighted by atomic mass is 10.1. The van der Waals surface area contributed by atoms with Gasteiger partial charge in [-0.2, -0.15) is 0 Å². The summed E-state index contributed by atoms with van der Waals surface area (Å²) >= 11 is 0. The summed E-state index contributed by atoms with van der Waals surface area (Å²) in [4.78, 5) is 26.4. The van der Waals surface area contributed by atoms with Gasteiger partial charge in [-0.25, -0.2) is 0 Å². The number of para-hydroxylation sites is 2. The summed E-state index contributed by atoms with van der Waals surface area (Å²) in [6, 6.07) is 13.5. The van der Waals surface area contributed by atoms with Crippen molar-refractivity contribution >= 4 is 16.9 Å². The predicted molar refractivity (Wildman–Crippen MR) is 97.8 cm³/mol. The Morgan fingerprint density at radius 1 is 1.08 bits per heavy atom. The third kappa shape index (κ3) is 3.26. The average Bonchev–Trinajstić information content (AvgIpc) is 2.67. The fourth-order valence-electron chi connectivity index (χ4n) is 2.80. The van der Waals surface area contributed by atoms with Gasteiger partial charge in [0.25, 0.3) is 5.91 Å². The lowest BCUT2D eigenvalue weighted by molar-refractivity contribution is 0.0753. The second kappa shape index (κ2) is 7.31. The smallest absolute Gasteiger partial charge is 0.289 e. The molecule has 0 spiro atoms. The van der Waals surface area contributed by atoms with Crippen LogP contribution in [0.2, 0.25) is 0 Å². The number of rotatable bonds is 5. The van der Waals surface area contributed by atoms with E-state index in [0.29, 0.717) is 22.5 Å². The van der Waals surface area contributed by atoms with E-state index in [1.165, 1.54) is 11.0 Å². The van der Waals surface area contributed by atoms with E-state index < -0.39 is 5.91 Å². The third-order valence-electron chi connectivity index (χ3n) is 4.08. The number of nitrogens with zero attached hydrogens (tertiary/aromatic N) is 1. The fourth-order valence-corrected chi connectivity index (χ4v) is 2.80. The molecule has 1 heterocycles. The Morgan fingerprint density at radius 2 is 1.85 bits per heavy atom. The third-order valence-corrected chi connectivity index (χ3v) is 4.08. The van der Waals surface area contributed by atoms with Gasteiger partial charge >= 0.3 is 0 Å². The van der Waals surface area contributed by atoms with Crippen molar-refractivity contribution in [3.8, 4) is 11.5 Å². The molecular formula is C20H19NO5. The zero-order valence-corrected chi connectivity index (χ0v) is 14.8. The predicted octanol–water partition coefficient (Wildman–Crippen LogP) is 3.08. The van der Waals surface area contributed by atoms with Crippen molar-refractivity contribution in [2.75, 3.05) is 21.3 Å². The molecule has 0 radical (unpaired) electrons. The van der Waals surface area contributed by atoms with Crippen molar-refractivity contribution in [3.63, 3.8) is 0 Å². The number of ether oxygens (including phenoxy) is 2. The van der Waals surface area contributed by atoms with Crippen molar-refractivity contribution in [1.29, 1.82) is 0 Å². The first-order valence-corrected chi connectivity index (χ1v) is 8.03. The zero-order chi connectivity index (χ0) is 18.7. The molecule has 2 aromatic carbocycles. The van der Waals surface area contributed by atoms with E-state index in [1.807, 2.05) is 12.1 Å². The molecular weight excluding hydrogens is 334 g/mol. The molecule has 0 saturated heterocycles. The second-order valence-electron chi connectivity index (χ2n) is 5.78. The molecule has 1 aromatic heterocycles. The van der Waals surface area contributed by atoms with Gasteiger partial charge in [0.05, 0.1) is 19.6 Å². The fraction of sp³-hybridized carbons (Fsp3) is 0.200. The number of carbonyl (C=O) groups excluding carboxylic acids is 1. The monoisotopic (exact) mass is 353 g/mol. The van der Waals surface area contributed by atoms with Gasteiger partial charge < -0.3 is 18.8 Å². The lowest BCUT2D eigenvalue weighted by Crippen LogP contribution is -2.27. The van der Waals surface area contributed by atoms with Crippen LogP contribution in [0.3, 0.4) is 0 Å². The summed E-state index contributed by atoms with van der Waals surface area (Å²) < 4.78 is 16.3. The van der Waals surface area contributed by atoms with Gasteiger partial charge in [0.1, 0.15) is 5.58 Å². The minimum Gasteiger partial charge on any atom is -0.493 e. The van der Waals surface area contributed by atoms with Crippen molar-refractivity contribution in [2.45, 2.75) is 6.54 Å². The molecule has 0 aliphatic carbocycles. The van der Waals surface area contributed by atoms with Crippen LogP contribution in [0.15, 0.2) is 57.7 Å². The summed E-state index contributed by atoms with van der Waals surface area (Å²) in [6.07, 6.45) is 0. The SMILES string of the molecule is COc1cccc(CN(C)C(=O)c2cc(=O)c3ccccc3o2)c1OC. The Bertz CT molecular complexity index is 1010. The van der Waals surface area contributed by atoms with Crippen LogP contribution >= 0.6 is 0 Å². The first kappa shape index (κ1) is 17.5. The van der Waals surface area contributed by atoms with Crippen LogP contribution in [0, 0.1) is 0 Å². The minimum atomic E-state index is -0.391. The molecule has 6 heteroatoms. The summed E-state index contributed by atoms with van der Waals surface area (Å²) in [7, 11) is 4.74. The first-order chi connectivity index (χ1) is 12.5. The van der Waals surface area contributed by atoms with Crippen LogP contribution in [-0.4, -0.2) is 32.1 Å². The molecule has 0 N–H and O–H groups in total. The largest absolute Gasteiger partial charge is 0.493 e. The van der Waals surface area contributed by atoms with Gasteiger partial charge in [0, 0.05) is 25.2 Å². The second-order valence-corrected chi connectivity index (χ2v) is 5.78. The Balaban J connectivity index is 1.90. The van der Waals surface area contributed by atoms with Gasteiger partial charge in [-0.15, -0.1) is 0 Å². The summed E-state index contributed by atoms with van der Waals surface area (Å²) in [5, 5.41) is 0.446. The highest BCUT2D eigenvalue weighted by Gasteiger charge is 2.19. The average molecular weight is 353 g/mol. The molecule has 0 fully saturated rings. The van der Waals surface area contributed by atoms with Crippen LogP contribution < -0.4 is 14.9 Å². The summed E-state index contributed by atoms with van der Waals surface area (Å²) in [5.74, 6) is 0.758. The Labute approximate surface area is 150 Å².